The number of hydrogen-bond donors (Lipinski definition) is 1. The van der Waals surface area contributed by atoms with Gasteiger partial charge in [-0.25, -0.2) is 5.01 Å². The molecule has 7 nitrogen and oxygen atoms in total. The Balaban J connectivity index is 1.59. The predicted molar refractivity (Wildman–Crippen MR) is 145 cm³/mol. The van der Waals surface area contributed by atoms with E-state index in [0.29, 0.717) is 24.1 Å². The fourth-order valence-corrected chi connectivity index (χ4v) is 5.17. The van der Waals surface area contributed by atoms with Crippen molar-refractivity contribution < 1.29 is 4.79 Å². The predicted octanol–water partition coefficient (Wildman–Crippen LogP) is 5.53. The molecule has 1 aliphatic heterocycles. The highest BCUT2D eigenvalue weighted by molar-refractivity contribution is 6.13. The highest BCUT2D eigenvalue weighted by Gasteiger charge is 2.36. The van der Waals surface area contributed by atoms with Crippen LogP contribution in [0.25, 0.3) is 33.1 Å². The van der Waals surface area contributed by atoms with Crippen LogP contribution < -0.4 is 5.56 Å². The number of H-pyrrole nitrogens is 1. The molecule has 0 saturated heterocycles. The number of fused-ring (bicyclic) bond motifs is 2. The normalized spacial score (nSPS) is 15.4. The number of benzene rings is 3. The standard InChI is InChI=1S/C30H25N5O2/c1-3-26(36)35-25(20-10-7-11-23-29(20)32-15-14-31-23)17-24(34-35)28-27(19-8-5-4-6-9-19)21-16-18(2)12-13-22(21)33-30(28)37/h4-16,25H,3,17H2,1-2H3,(H,33,37)/t25-/m0/s1. The topological polar surface area (TPSA) is 91.3 Å². The summed E-state index contributed by atoms with van der Waals surface area (Å²) in [7, 11) is 0. The maximum absolute atomic E-state index is 13.6. The number of rotatable bonds is 4. The van der Waals surface area contributed by atoms with Gasteiger partial charge in [0.05, 0.1) is 28.4 Å². The van der Waals surface area contributed by atoms with Gasteiger partial charge in [-0.1, -0.05) is 61.0 Å². The number of amides is 1. The van der Waals surface area contributed by atoms with Gasteiger partial charge in [-0.05, 0) is 30.7 Å². The number of aromatic amines is 1. The Morgan fingerprint density at radius 2 is 1.81 bits per heavy atom. The fourth-order valence-electron chi connectivity index (χ4n) is 5.17. The molecule has 37 heavy (non-hydrogen) atoms. The molecule has 0 aliphatic carbocycles. The summed E-state index contributed by atoms with van der Waals surface area (Å²) in [5.41, 5.74) is 6.79. The maximum Gasteiger partial charge on any atom is 0.258 e. The molecule has 1 aliphatic rings. The quantitative estimate of drug-likeness (QED) is 0.361. The molecule has 1 N–H and O–H groups in total. The van der Waals surface area contributed by atoms with Gasteiger partial charge in [0.1, 0.15) is 0 Å². The molecular weight excluding hydrogens is 462 g/mol. The largest absolute Gasteiger partial charge is 0.321 e. The first-order valence-electron chi connectivity index (χ1n) is 12.4. The summed E-state index contributed by atoms with van der Waals surface area (Å²) in [4.78, 5) is 38.8. The summed E-state index contributed by atoms with van der Waals surface area (Å²) >= 11 is 0. The second kappa shape index (κ2) is 9.09. The Bertz CT molecular complexity index is 1750. The van der Waals surface area contributed by atoms with Crippen LogP contribution in [0.1, 0.15) is 42.5 Å². The monoisotopic (exact) mass is 487 g/mol. The Kier molecular flexibility index (Phi) is 5.60. The molecule has 0 fully saturated rings. The van der Waals surface area contributed by atoms with Gasteiger partial charge in [0.25, 0.3) is 5.56 Å². The van der Waals surface area contributed by atoms with E-state index in [-0.39, 0.29) is 17.5 Å². The summed E-state index contributed by atoms with van der Waals surface area (Å²) in [6, 6.07) is 21.3. The average Bonchev–Trinajstić information content (AvgIpc) is 3.37. The summed E-state index contributed by atoms with van der Waals surface area (Å²) < 4.78 is 0. The zero-order valence-corrected chi connectivity index (χ0v) is 20.6. The van der Waals surface area contributed by atoms with Crippen LogP contribution in [0, 0.1) is 6.92 Å². The van der Waals surface area contributed by atoms with Crippen molar-refractivity contribution in [3.63, 3.8) is 0 Å². The van der Waals surface area contributed by atoms with Gasteiger partial charge in [0, 0.05) is 47.3 Å². The lowest BCUT2D eigenvalue weighted by molar-refractivity contribution is -0.132. The molecule has 0 bridgehead atoms. The third-order valence-corrected chi connectivity index (χ3v) is 6.88. The first-order chi connectivity index (χ1) is 18.0. The van der Waals surface area contributed by atoms with Crippen LogP contribution in [0.5, 0.6) is 0 Å². The first-order valence-corrected chi connectivity index (χ1v) is 12.4. The maximum atomic E-state index is 13.6. The second-order valence-corrected chi connectivity index (χ2v) is 9.25. The van der Waals surface area contributed by atoms with E-state index in [1.807, 2.05) is 74.5 Å². The minimum atomic E-state index is -0.390. The van der Waals surface area contributed by atoms with Crippen molar-refractivity contribution in [2.24, 2.45) is 5.10 Å². The molecule has 3 heterocycles. The van der Waals surface area contributed by atoms with Gasteiger partial charge in [-0.3, -0.25) is 19.6 Å². The second-order valence-electron chi connectivity index (χ2n) is 9.25. The number of hydrogen-bond acceptors (Lipinski definition) is 5. The lowest BCUT2D eigenvalue weighted by Gasteiger charge is -2.22. The Labute approximate surface area is 213 Å². The zero-order valence-electron chi connectivity index (χ0n) is 20.6. The molecule has 0 saturated carbocycles. The van der Waals surface area contributed by atoms with Gasteiger partial charge in [0.2, 0.25) is 5.91 Å². The molecule has 0 radical (unpaired) electrons. The molecule has 1 atom stereocenters. The van der Waals surface area contributed by atoms with Crippen molar-refractivity contribution in [2.45, 2.75) is 32.7 Å². The SMILES string of the molecule is CCC(=O)N1N=C(c2c(-c3ccccc3)c3cc(C)ccc3[nH]c2=O)C[C@H]1c1cccc2nccnc12. The number of carbonyl (C=O) groups excluding carboxylic acids is 1. The molecule has 3 aromatic carbocycles. The van der Waals surface area contributed by atoms with E-state index in [2.05, 4.69) is 21.0 Å². The summed E-state index contributed by atoms with van der Waals surface area (Å²) in [6.45, 7) is 3.85. The van der Waals surface area contributed by atoms with E-state index in [4.69, 9.17) is 5.10 Å². The summed E-state index contributed by atoms with van der Waals surface area (Å²) in [5, 5.41) is 7.26. The first kappa shape index (κ1) is 22.8. The minimum absolute atomic E-state index is 0.116. The molecule has 2 aromatic heterocycles. The number of aromatic nitrogens is 3. The number of carbonyl (C=O) groups is 1. The number of nitrogens with one attached hydrogen (secondary N) is 1. The molecule has 6 rings (SSSR count). The van der Waals surface area contributed by atoms with E-state index in [1.54, 1.807) is 12.4 Å². The van der Waals surface area contributed by atoms with Gasteiger partial charge in [-0.15, -0.1) is 0 Å². The van der Waals surface area contributed by atoms with E-state index in [9.17, 15) is 9.59 Å². The number of para-hydroxylation sites is 1. The molecule has 0 spiro atoms. The van der Waals surface area contributed by atoms with Crippen LogP contribution >= 0.6 is 0 Å². The third-order valence-electron chi connectivity index (χ3n) is 6.88. The van der Waals surface area contributed by atoms with E-state index in [0.717, 1.165) is 44.2 Å². The zero-order chi connectivity index (χ0) is 25.5. The number of aryl methyl sites for hydroxylation is 1. The third kappa shape index (κ3) is 3.89. The molecular formula is C30H25N5O2. The summed E-state index contributed by atoms with van der Waals surface area (Å²) in [6.07, 6.45) is 3.99. The van der Waals surface area contributed by atoms with Crippen molar-refractivity contribution in [3.05, 3.63) is 106 Å². The van der Waals surface area contributed by atoms with Crippen LogP contribution in [0.4, 0.5) is 0 Å². The molecule has 1 amide bonds. The van der Waals surface area contributed by atoms with Gasteiger partial charge >= 0.3 is 0 Å². The van der Waals surface area contributed by atoms with Crippen molar-refractivity contribution >= 4 is 33.6 Å². The molecule has 182 valence electrons. The van der Waals surface area contributed by atoms with Crippen molar-refractivity contribution in [3.8, 4) is 11.1 Å². The van der Waals surface area contributed by atoms with E-state index < -0.39 is 0 Å². The highest BCUT2D eigenvalue weighted by Crippen LogP contribution is 2.38. The Hall–Kier alpha value is -4.65. The van der Waals surface area contributed by atoms with Crippen LogP contribution in [0.15, 0.2) is 89.0 Å². The Morgan fingerprint density at radius 3 is 2.62 bits per heavy atom. The number of nitrogens with zero attached hydrogens (tertiary/aromatic N) is 4. The Morgan fingerprint density at radius 1 is 1.00 bits per heavy atom. The lowest BCUT2D eigenvalue weighted by atomic mass is 9.90. The van der Waals surface area contributed by atoms with Crippen LogP contribution in [0.2, 0.25) is 0 Å². The highest BCUT2D eigenvalue weighted by atomic mass is 16.2. The minimum Gasteiger partial charge on any atom is -0.321 e. The molecule has 0 unspecified atom stereocenters. The molecule has 5 aromatic rings. The summed E-state index contributed by atoms with van der Waals surface area (Å²) in [5.74, 6) is -0.116. The lowest BCUT2D eigenvalue weighted by Crippen LogP contribution is -2.26. The fraction of sp³-hybridized carbons (Fsp3) is 0.167. The van der Waals surface area contributed by atoms with Crippen molar-refractivity contribution in [2.75, 3.05) is 0 Å². The molecule has 7 heteroatoms. The van der Waals surface area contributed by atoms with Crippen LogP contribution in [-0.2, 0) is 4.79 Å². The smallest absolute Gasteiger partial charge is 0.258 e. The number of pyridine rings is 1. The number of hydrazone groups is 1. The van der Waals surface area contributed by atoms with Crippen molar-refractivity contribution in [1.82, 2.24) is 20.0 Å². The van der Waals surface area contributed by atoms with Gasteiger partial charge in [-0.2, -0.15) is 5.10 Å². The van der Waals surface area contributed by atoms with Gasteiger partial charge in [0.15, 0.2) is 0 Å². The van der Waals surface area contributed by atoms with E-state index in [1.165, 1.54) is 5.01 Å². The van der Waals surface area contributed by atoms with Crippen LogP contribution in [0.3, 0.4) is 0 Å². The van der Waals surface area contributed by atoms with Crippen LogP contribution in [-0.4, -0.2) is 31.6 Å². The van der Waals surface area contributed by atoms with E-state index >= 15 is 0 Å². The van der Waals surface area contributed by atoms with Gasteiger partial charge < -0.3 is 4.98 Å². The van der Waals surface area contributed by atoms with Crippen molar-refractivity contribution in [1.29, 1.82) is 0 Å². The average molecular weight is 488 g/mol.